The third-order valence-corrected chi connectivity index (χ3v) is 6.38. The Morgan fingerprint density at radius 3 is 2.38 bits per heavy atom. The summed E-state index contributed by atoms with van der Waals surface area (Å²) < 4.78 is 38.0. The molecular weight excluding hydrogens is 328 g/mol. The lowest BCUT2D eigenvalue weighted by molar-refractivity contribution is 0.0181. The zero-order chi connectivity index (χ0) is 17.4. The fraction of sp³-hybridized carbons (Fsp3) is 1.00. The van der Waals surface area contributed by atoms with Gasteiger partial charge in [0.2, 0.25) is 0 Å². The monoisotopic (exact) mass is 362 g/mol. The van der Waals surface area contributed by atoms with Gasteiger partial charge in [-0.3, -0.25) is 4.55 Å². The minimum atomic E-state index is -4.02. The summed E-state index contributed by atoms with van der Waals surface area (Å²) in [6.07, 6.45) is 10.4. The second kappa shape index (κ2) is 10.1. The largest absolute Gasteiger partial charge is 0.378 e. The molecule has 0 bridgehead atoms. The molecule has 2 fully saturated rings. The molecule has 2 aliphatic rings. The zero-order valence-corrected chi connectivity index (χ0v) is 15.8. The Labute approximate surface area is 147 Å². The van der Waals surface area contributed by atoms with Crippen molar-refractivity contribution >= 4 is 10.3 Å². The van der Waals surface area contributed by atoms with Crippen LogP contribution in [-0.2, 0) is 15.0 Å². The molecule has 0 saturated carbocycles. The zero-order valence-electron chi connectivity index (χ0n) is 15.0. The van der Waals surface area contributed by atoms with Crippen LogP contribution in [0.1, 0.15) is 64.7 Å². The summed E-state index contributed by atoms with van der Waals surface area (Å²) in [5, 5.41) is 0. The molecule has 1 atom stereocenters. The van der Waals surface area contributed by atoms with Gasteiger partial charge in [0, 0.05) is 25.7 Å². The molecule has 1 unspecified atom stereocenters. The van der Waals surface area contributed by atoms with Gasteiger partial charge < -0.3 is 9.64 Å². The van der Waals surface area contributed by atoms with Crippen molar-refractivity contribution in [1.29, 1.82) is 0 Å². The highest BCUT2D eigenvalue weighted by atomic mass is 32.2. The van der Waals surface area contributed by atoms with Crippen LogP contribution in [-0.4, -0.2) is 67.1 Å². The minimum absolute atomic E-state index is 0.136. The van der Waals surface area contributed by atoms with Crippen LogP contribution in [0.4, 0.5) is 0 Å². The molecule has 7 heteroatoms. The lowest BCUT2D eigenvalue weighted by atomic mass is 10.0. The summed E-state index contributed by atoms with van der Waals surface area (Å²) in [6, 6.07) is 0.760. The highest BCUT2D eigenvalue weighted by Gasteiger charge is 2.26. The predicted molar refractivity (Wildman–Crippen MR) is 95.4 cm³/mol. The third-order valence-electron chi connectivity index (χ3n) is 5.36. The Kier molecular flexibility index (Phi) is 8.43. The number of rotatable bonds is 9. The van der Waals surface area contributed by atoms with E-state index in [1.807, 2.05) is 0 Å². The van der Waals surface area contributed by atoms with E-state index in [4.69, 9.17) is 9.29 Å². The lowest BCUT2D eigenvalue weighted by Crippen LogP contribution is -2.40. The van der Waals surface area contributed by atoms with Crippen molar-refractivity contribution in [3.05, 3.63) is 0 Å². The maximum atomic E-state index is 11.0. The van der Waals surface area contributed by atoms with E-state index in [0.29, 0.717) is 25.9 Å². The molecule has 0 aromatic carbocycles. The summed E-state index contributed by atoms with van der Waals surface area (Å²) in [6.45, 7) is 6.33. The normalized spacial score (nSPS) is 25.2. The van der Waals surface area contributed by atoms with Crippen molar-refractivity contribution < 1.29 is 17.7 Å². The molecule has 2 heterocycles. The van der Waals surface area contributed by atoms with Gasteiger partial charge in [-0.2, -0.15) is 12.7 Å². The van der Waals surface area contributed by atoms with E-state index in [2.05, 4.69) is 11.8 Å². The van der Waals surface area contributed by atoms with Crippen molar-refractivity contribution in [2.24, 2.45) is 0 Å². The third kappa shape index (κ3) is 6.96. The van der Waals surface area contributed by atoms with Gasteiger partial charge >= 0.3 is 10.3 Å². The Hall–Kier alpha value is -0.210. The summed E-state index contributed by atoms with van der Waals surface area (Å²) in [5.41, 5.74) is 0. The van der Waals surface area contributed by atoms with Crippen molar-refractivity contribution in [3.63, 3.8) is 0 Å². The van der Waals surface area contributed by atoms with Crippen molar-refractivity contribution in [1.82, 2.24) is 9.21 Å². The summed E-state index contributed by atoms with van der Waals surface area (Å²) in [7, 11) is -4.02. The van der Waals surface area contributed by atoms with Crippen molar-refractivity contribution in [3.8, 4) is 0 Å². The molecule has 2 aliphatic heterocycles. The minimum Gasteiger partial charge on any atom is -0.378 e. The summed E-state index contributed by atoms with van der Waals surface area (Å²) >= 11 is 0. The van der Waals surface area contributed by atoms with Gasteiger partial charge in [0.15, 0.2) is 0 Å². The molecule has 0 radical (unpaired) electrons. The van der Waals surface area contributed by atoms with Gasteiger partial charge in [-0.1, -0.05) is 19.3 Å². The van der Waals surface area contributed by atoms with Crippen LogP contribution in [0.3, 0.4) is 0 Å². The van der Waals surface area contributed by atoms with E-state index in [-0.39, 0.29) is 6.10 Å². The SMILES string of the molecule is CC1CCCCN1CCCCCCOC1CCN(S(=O)(=O)O)CC1. The van der Waals surface area contributed by atoms with Crippen LogP contribution >= 0.6 is 0 Å². The van der Waals surface area contributed by atoms with Crippen LogP contribution in [0, 0.1) is 0 Å². The smallest absolute Gasteiger partial charge is 0.335 e. The van der Waals surface area contributed by atoms with Gasteiger partial charge in [0.05, 0.1) is 6.10 Å². The van der Waals surface area contributed by atoms with E-state index in [0.717, 1.165) is 23.4 Å². The molecule has 1 N–H and O–H groups in total. The topological polar surface area (TPSA) is 70.1 Å². The van der Waals surface area contributed by atoms with E-state index in [9.17, 15) is 8.42 Å². The molecule has 0 aliphatic carbocycles. The molecule has 0 aromatic rings. The summed E-state index contributed by atoms with van der Waals surface area (Å²) in [5.74, 6) is 0. The number of ether oxygens (including phenoxy) is 1. The van der Waals surface area contributed by atoms with E-state index < -0.39 is 10.3 Å². The number of nitrogens with zero attached hydrogens (tertiary/aromatic N) is 2. The van der Waals surface area contributed by atoms with Crippen LogP contribution in [0.2, 0.25) is 0 Å². The molecule has 2 saturated heterocycles. The van der Waals surface area contributed by atoms with Crippen LogP contribution in [0.5, 0.6) is 0 Å². The average Bonchev–Trinajstić information content (AvgIpc) is 2.55. The number of hydrogen-bond acceptors (Lipinski definition) is 4. The fourth-order valence-corrected chi connectivity index (χ4v) is 4.41. The standard InChI is InChI=1S/C17H34N2O4S/c1-16-8-4-6-12-18(16)11-5-2-3-7-15-23-17-9-13-19(14-10-17)24(20,21)22/h16-17H,2-15H2,1H3,(H,20,21,22). The Morgan fingerprint density at radius 1 is 1.00 bits per heavy atom. The van der Waals surface area contributed by atoms with Crippen molar-refractivity contribution in [2.45, 2.75) is 76.9 Å². The van der Waals surface area contributed by atoms with E-state index in [1.165, 1.54) is 51.6 Å². The molecular formula is C17H34N2O4S. The first-order valence-corrected chi connectivity index (χ1v) is 10.9. The van der Waals surface area contributed by atoms with Crippen molar-refractivity contribution in [2.75, 3.05) is 32.8 Å². The van der Waals surface area contributed by atoms with Gasteiger partial charge in [-0.15, -0.1) is 0 Å². The summed E-state index contributed by atoms with van der Waals surface area (Å²) in [4.78, 5) is 2.63. The Balaban J connectivity index is 1.44. The lowest BCUT2D eigenvalue weighted by Gasteiger charge is -2.33. The van der Waals surface area contributed by atoms with Gasteiger partial charge in [-0.05, 0) is 58.5 Å². The van der Waals surface area contributed by atoms with E-state index >= 15 is 0 Å². The first-order chi connectivity index (χ1) is 11.5. The second-order valence-corrected chi connectivity index (χ2v) is 8.65. The molecule has 0 amide bonds. The second-order valence-electron chi connectivity index (χ2n) is 7.24. The van der Waals surface area contributed by atoms with Gasteiger partial charge in [-0.25, -0.2) is 0 Å². The molecule has 24 heavy (non-hydrogen) atoms. The molecule has 6 nitrogen and oxygen atoms in total. The number of hydrogen-bond donors (Lipinski definition) is 1. The van der Waals surface area contributed by atoms with Crippen LogP contribution in [0.25, 0.3) is 0 Å². The molecule has 0 aromatic heterocycles. The molecule has 2 rings (SSSR count). The highest BCUT2D eigenvalue weighted by Crippen LogP contribution is 2.18. The number of likely N-dealkylation sites (tertiary alicyclic amines) is 1. The Bertz CT molecular complexity index is 450. The average molecular weight is 363 g/mol. The fourth-order valence-electron chi connectivity index (χ4n) is 3.74. The maximum Gasteiger partial charge on any atom is 0.335 e. The van der Waals surface area contributed by atoms with Gasteiger partial charge in [0.25, 0.3) is 0 Å². The van der Waals surface area contributed by atoms with Crippen LogP contribution in [0.15, 0.2) is 0 Å². The first kappa shape index (κ1) is 20.1. The maximum absolute atomic E-state index is 11.0. The predicted octanol–water partition coefficient (Wildman–Crippen LogP) is 2.71. The van der Waals surface area contributed by atoms with E-state index in [1.54, 1.807) is 0 Å². The quantitative estimate of drug-likeness (QED) is 0.504. The van der Waals surface area contributed by atoms with Gasteiger partial charge in [0.1, 0.15) is 0 Å². The molecule has 0 spiro atoms. The number of piperidine rings is 2. The number of unbranched alkanes of at least 4 members (excludes halogenated alkanes) is 3. The Morgan fingerprint density at radius 2 is 1.71 bits per heavy atom. The first-order valence-electron chi connectivity index (χ1n) is 9.55. The highest BCUT2D eigenvalue weighted by molar-refractivity contribution is 7.83. The van der Waals surface area contributed by atoms with Crippen LogP contribution < -0.4 is 0 Å². The molecule has 142 valence electrons.